The van der Waals surface area contributed by atoms with Crippen LogP contribution in [0.15, 0.2) is 267 Å². The van der Waals surface area contributed by atoms with Crippen LogP contribution >= 0.6 is 11.3 Å². The van der Waals surface area contributed by atoms with Gasteiger partial charge in [0.1, 0.15) is 0 Å². The average molecular weight is 993 g/mol. The van der Waals surface area contributed by atoms with E-state index in [1.165, 1.54) is 137 Å². The average Bonchev–Trinajstić information content (AvgIpc) is 4.40. The highest BCUT2D eigenvalue weighted by atomic mass is 32.1. The Bertz CT molecular complexity index is 4850. The first-order chi connectivity index (χ1) is 38.2. The van der Waals surface area contributed by atoms with Gasteiger partial charge in [0.15, 0.2) is 0 Å². The highest BCUT2D eigenvalue weighted by molar-refractivity contribution is 7.25. The van der Waals surface area contributed by atoms with E-state index in [1.807, 2.05) is 11.3 Å². The van der Waals surface area contributed by atoms with E-state index in [4.69, 9.17) is 0 Å². The summed E-state index contributed by atoms with van der Waals surface area (Å²) < 4.78 is 5.17. The molecule has 77 heavy (non-hydrogen) atoms. The number of benzene rings is 12. The standard InChI is InChI=1S/C74H44N2S/c1-7-25-56-48(18-1)49-19-2-8-26-57(49)73(56)58-27-9-3-22-54(58)70-61(73)30-16-35-66(70)75(47-41-38-45(39-42-47)46-40-43-52-51-21-6-14-37-68(51)77-69(52)44-46)67-36-17-31-62-71(67)55-23-4-10-28-59(55)74(62)60-29-11-13-34-65(60)76-64-33-12-5-20-50(64)53-24-15-32-63(74)72(53)76/h1-44H. The molecule has 12 aromatic carbocycles. The molecule has 0 saturated carbocycles. The highest BCUT2D eigenvalue weighted by Gasteiger charge is 2.54. The predicted octanol–water partition coefficient (Wildman–Crippen LogP) is 19.3. The van der Waals surface area contributed by atoms with E-state index in [2.05, 4.69) is 276 Å². The van der Waals surface area contributed by atoms with E-state index in [-0.39, 0.29) is 0 Å². The summed E-state index contributed by atoms with van der Waals surface area (Å²) in [6.45, 7) is 0. The number of thiophene rings is 1. The fourth-order valence-corrected chi connectivity index (χ4v) is 16.4. The summed E-state index contributed by atoms with van der Waals surface area (Å²) in [6.07, 6.45) is 0. The Balaban J connectivity index is 0.926. The summed E-state index contributed by atoms with van der Waals surface area (Å²) in [6, 6.07) is 101. The van der Waals surface area contributed by atoms with E-state index < -0.39 is 10.8 Å². The van der Waals surface area contributed by atoms with Crippen LogP contribution in [0.4, 0.5) is 17.1 Å². The molecule has 0 saturated heterocycles. The number of rotatable bonds is 4. The number of hydrogen-bond acceptors (Lipinski definition) is 2. The molecular formula is C74H44N2S. The van der Waals surface area contributed by atoms with Gasteiger partial charge in [-0.3, -0.25) is 0 Å². The maximum atomic E-state index is 2.61. The van der Waals surface area contributed by atoms with E-state index in [0.29, 0.717) is 0 Å². The monoisotopic (exact) mass is 992 g/mol. The summed E-state index contributed by atoms with van der Waals surface area (Å²) in [5.74, 6) is 0. The van der Waals surface area contributed by atoms with Crippen molar-refractivity contribution in [3.63, 3.8) is 0 Å². The first-order valence-corrected chi connectivity index (χ1v) is 27.6. The second-order valence-electron chi connectivity index (χ2n) is 21.3. The van der Waals surface area contributed by atoms with E-state index >= 15 is 0 Å². The third-order valence-electron chi connectivity index (χ3n) is 18.0. The molecule has 356 valence electrons. The maximum Gasteiger partial charge on any atom is 0.0755 e. The summed E-state index contributed by atoms with van der Waals surface area (Å²) in [4.78, 5) is 2.61. The van der Waals surface area contributed by atoms with Gasteiger partial charge in [0, 0.05) is 47.8 Å². The molecule has 3 aliphatic carbocycles. The lowest BCUT2D eigenvalue weighted by Crippen LogP contribution is -2.33. The predicted molar refractivity (Wildman–Crippen MR) is 321 cm³/mol. The van der Waals surface area contributed by atoms with Crippen molar-refractivity contribution in [1.82, 2.24) is 4.57 Å². The Morgan fingerprint density at radius 1 is 0.312 bits per heavy atom. The minimum absolute atomic E-state index is 0.492. The zero-order valence-electron chi connectivity index (χ0n) is 41.7. The lowest BCUT2D eigenvalue weighted by atomic mass is 9.65. The third kappa shape index (κ3) is 5.11. The van der Waals surface area contributed by atoms with Gasteiger partial charge in [-0.25, -0.2) is 0 Å². The zero-order valence-corrected chi connectivity index (χ0v) is 42.5. The fourth-order valence-electron chi connectivity index (χ4n) is 15.2. The molecule has 2 spiro atoms. The van der Waals surface area contributed by atoms with Gasteiger partial charge in [0.05, 0.1) is 38.9 Å². The molecule has 4 aliphatic rings. The van der Waals surface area contributed by atoms with E-state index in [9.17, 15) is 0 Å². The molecule has 2 aromatic heterocycles. The van der Waals surface area contributed by atoms with Crippen molar-refractivity contribution in [2.24, 2.45) is 0 Å². The second-order valence-corrected chi connectivity index (χ2v) is 22.4. The van der Waals surface area contributed by atoms with Gasteiger partial charge in [-0.2, -0.15) is 0 Å². The molecule has 0 fully saturated rings. The highest BCUT2D eigenvalue weighted by Crippen LogP contribution is 2.67. The molecular weight excluding hydrogens is 949 g/mol. The van der Waals surface area contributed by atoms with E-state index in [0.717, 1.165) is 17.1 Å². The van der Waals surface area contributed by atoms with Crippen molar-refractivity contribution in [2.75, 3.05) is 4.90 Å². The van der Waals surface area contributed by atoms with Crippen LogP contribution in [-0.4, -0.2) is 4.57 Å². The lowest BCUT2D eigenvalue weighted by Gasteiger charge is -2.39. The number of aromatic nitrogens is 1. The molecule has 0 radical (unpaired) electrons. The first kappa shape index (κ1) is 41.8. The Morgan fingerprint density at radius 2 is 0.779 bits per heavy atom. The first-order valence-electron chi connectivity index (χ1n) is 26.8. The third-order valence-corrected chi connectivity index (χ3v) is 19.1. The van der Waals surface area contributed by atoms with Crippen LogP contribution in [0.3, 0.4) is 0 Å². The molecule has 1 atom stereocenters. The quantitative estimate of drug-likeness (QED) is 0.171. The van der Waals surface area contributed by atoms with Gasteiger partial charge < -0.3 is 9.47 Å². The normalized spacial score (nSPS) is 15.4. The zero-order chi connectivity index (χ0) is 50.1. The molecule has 0 amide bonds. The van der Waals surface area contributed by atoms with Crippen molar-refractivity contribution in [3.05, 3.63) is 311 Å². The maximum absolute atomic E-state index is 2.61. The van der Waals surface area contributed by atoms with Crippen molar-refractivity contribution >= 4 is 70.4 Å². The number of hydrogen-bond donors (Lipinski definition) is 0. The summed E-state index contributed by atoms with van der Waals surface area (Å²) in [7, 11) is 0. The summed E-state index contributed by atoms with van der Waals surface area (Å²) >= 11 is 1.88. The van der Waals surface area contributed by atoms with Crippen LogP contribution in [0, 0.1) is 0 Å². The van der Waals surface area contributed by atoms with Crippen molar-refractivity contribution in [2.45, 2.75) is 10.8 Å². The van der Waals surface area contributed by atoms with Crippen LogP contribution in [0.25, 0.3) is 92.2 Å². The van der Waals surface area contributed by atoms with Crippen LogP contribution < -0.4 is 4.90 Å². The molecule has 2 nitrogen and oxygen atoms in total. The molecule has 14 aromatic rings. The molecule has 18 rings (SSSR count). The molecule has 0 bridgehead atoms. The largest absolute Gasteiger partial charge is 0.309 e. The van der Waals surface area contributed by atoms with Crippen LogP contribution in [-0.2, 0) is 10.8 Å². The topological polar surface area (TPSA) is 8.17 Å². The van der Waals surface area contributed by atoms with Crippen molar-refractivity contribution in [3.8, 4) is 50.2 Å². The van der Waals surface area contributed by atoms with Gasteiger partial charge in [-0.1, -0.05) is 218 Å². The molecule has 1 aliphatic heterocycles. The Hall–Kier alpha value is -9.54. The minimum atomic E-state index is -0.601. The van der Waals surface area contributed by atoms with Crippen LogP contribution in [0.2, 0.25) is 0 Å². The number of anilines is 3. The SMILES string of the molecule is c1ccc2c(c1)-c1ccccc1C21c2ccccc2-c2c(N(c3ccc(-c4ccc5c(c4)sc4ccccc45)cc3)c3cccc4c3-c3ccccc3C43c4ccccc4-n4c5ccccc5c5cccc3c54)cccc21. The molecule has 3 heterocycles. The van der Waals surface area contributed by atoms with Gasteiger partial charge in [0.25, 0.3) is 0 Å². The Morgan fingerprint density at radius 3 is 1.45 bits per heavy atom. The smallest absolute Gasteiger partial charge is 0.0755 e. The minimum Gasteiger partial charge on any atom is -0.309 e. The van der Waals surface area contributed by atoms with Crippen LogP contribution in [0.1, 0.15) is 44.5 Å². The summed E-state index contributed by atoms with van der Waals surface area (Å²) in [5.41, 5.74) is 26.7. The van der Waals surface area contributed by atoms with Crippen molar-refractivity contribution in [1.29, 1.82) is 0 Å². The number of para-hydroxylation sites is 3. The Kier molecular flexibility index (Phi) is 8.18. The van der Waals surface area contributed by atoms with Gasteiger partial charge in [-0.15, -0.1) is 11.3 Å². The van der Waals surface area contributed by atoms with Gasteiger partial charge in [-0.05, 0) is 126 Å². The summed E-state index contributed by atoms with van der Waals surface area (Å²) in [5, 5.41) is 5.20. The van der Waals surface area contributed by atoms with Gasteiger partial charge in [0.2, 0.25) is 0 Å². The number of fused-ring (bicyclic) bond motifs is 25. The van der Waals surface area contributed by atoms with Gasteiger partial charge >= 0.3 is 0 Å². The molecule has 0 N–H and O–H groups in total. The van der Waals surface area contributed by atoms with Crippen LogP contribution in [0.5, 0.6) is 0 Å². The fraction of sp³-hybridized carbons (Fsp3) is 0.0270. The molecule has 1 unspecified atom stereocenters. The van der Waals surface area contributed by atoms with Crippen molar-refractivity contribution < 1.29 is 0 Å². The molecule has 3 heteroatoms. The Labute approximate surface area is 449 Å². The lowest BCUT2D eigenvalue weighted by molar-refractivity contribution is 0.748. The number of nitrogens with zero attached hydrogens (tertiary/aromatic N) is 2. The second kappa shape index (κ2) is 15.1. The van der Waals surface area contributed by atoms with E-state index in [1.54, 1.807) is 0 Å².